The van der Waals surface area contributed by atoms with Crippen LogP contribution in [0, 0.1) is 36.0 Å². The predicted molar refractivity (Wildman–Crippen MR) is 238 cm³/mol. The zero-order valence-corrected chi connectivity index (χ0v) is 35.6. The van der Waals surface area contributed by atoms with Crippen molar-refractivity contribution in [2.24, 2.45) is 40.6 Å². The van der Waals surface area contributed by atoms with Crippen LogP contribution in [-0.4, -0.2) is 42.1 Å². The fourth-order valence-corrected chi connectivity index (χ4v) is 6.78. The number of likely N-dealkylation sites (tertiary alicyclic amines) is 1. The molecule has 2 aliphatic rings. The minimum Gasteiger partial charge on any atom is -0.489 e. The van der Waals surface area contributed by atoms with Crippen LogP contribution in [-0.2, 0) is 27.4 Å². The van der Waals surface area contributed by atoms with E-state index in [1.54, 1.807) is 0 Å². The summed E-state index contributed by atoms with van der Waals surface area (Å²) in [4.78, 5) is 34.7. The zero-order chi connectivity index (χ0) is 43.1. The van der Waals surface area contributed by atoms with Crippen molar-refractivity contribution < 1.29 is 19.1 Å². The van der Waals surface area contributed by atoms with E-state index >= 15 is 0 Å². The number of benzene rings is 3. The normalized spacial score (nSPS) is 18.2. The van der Waals surface area contributed by atoms with Crippen molar-refractivity contribution in [3.8, 4) is 5.75 Å². The van der Waals surface area contributed by atoms with Gasteiger partial charge in [0.2, 0.25) is 11.8 Å². The predicted octanol–water partition coefficient (Wildman–Crippen LogP) is 9.36. The van der Waals surface area contributed by atoms with Gasteiger partial charge < -0.3 is 31.2 Å². The lowest BCUT2D eigenvalue weighted by Crippen LogP contribution is -2.47. The number of carbonyl (C=O) groups is 3. The average Bonchev–Trinajstić information content (AvgIpc) is 3.89. The second-order valence-corrected chi connectivity index (χ2v) is 16.1. The highest BCUT2D eigenvalue weighted by atomic mass is 16.5. The average molecular weight is 779 g/mol. The Morgan fingerprint density at radius 3 is 1.96 bits per heavy atom. The fraction of sp³-hybridized carbons (Fsp3) is 0.408. The van der Waals surface area contributed by atoms with Crippen molar-refractivity contribution in [3.05, 3.63) is 152 Å². The number of aryl methyl sites for hydroxylation is 1. The third kappa shape index (κ3) is 18.9. The molecule has 1 heterocycles. The lowest BCUT2D eigenvalue weighted by molar-refractivity contribution is -0.124. The number of nitrogens with one attached hydrogen (secondary N) is 1. The van der Waals surface area contributed by atoms with Crippen LogP contribution in [0.15, 0.2) is 135 Å². The van der Waals surface area contributed by atoms with Crippen LogP contribution in [0.25, 0.3) is 0 Å². The maximum atomic E-state index is 12.6. The third-order valence-electron chi connectivity index (χ3n) is 9.69. The topological polar surface area (TPSA) is 128 Å². The summed E-state index contributed by atoms with van der Waals surface area (Å²) >= 11 is 0. The molecule has 2 amide bonds. The highest BCUT2D eigenvalue weighted by Gasteiger charge is 2.38. The molecule has 0 bridgehead atoms. The first kappa shape index (κ1) is 49.6. The lowest BCUT2D eigenvalue weighted by atomic mass is 9.89. The second-order valence-electron chi connectivity index (χ2n) is 16.1. The van der Waals surface area contributed by atoms with Gasteiger partial charge in [0.25, 0.3) is 0 Å². The Balaban J connectivity index is 0.000000493. The van der Waals surface area contributed by atoms with Crippen LogP contribution in [0.2, 0.25) is 0 Å². The monoisotopic (exact) mass is 779 g/mol. The zero-order valence-electron chi connectivity index (χ0n) is 35.6. The molecule has 2 fully saturated rings. The van der Waals surface area contributed by atoms with E-state index < -0.39 is 0 Å². The van der Waals surface area contributed by atoms with Gasteiger partial charge in [-0.05, 0) is 78.2 Å². The Morgan fingerprint density at radius 1 is 0.930 bits per heavy atom. The summed E-state index contributed by atoms with van der Waals surface area (Å²) in [5.74, 6) is 2.38. The Kier molecular flexibility index (Phi) is 22.4. The van der Waals surface area contributed by atoms with Crippen molar-refractivity contribution in [2.45, 2.75) is 92.3 Å². The van der Waals surface area contributed by atoms with Crippen LogP contribution >= 0.6 is 0 Å². The summed E-state index contributed by atoms with van der Waals surface area (Å²) in [5.41, 5.74) is 16.3. The third-order valence-corrected chi connectivity index (χ3v) is 9.69. The van der Waals surface area contributed by atoms with E-state index in [0.29, 0.717) is 37.2 Å². The first-order valence-corrected chi connectivity index (χ1v) is 19.7. The van der Waals surface area contributed by atoms with E-state index in [-0.39, 0.29) is 35.2 Å². The van der Waals surface area contributed by atoms with Gasteiger partial charge >= 0.3 is 0 Å². The summed E-state index contributed by atoms with van der Waals surface area (Å²) in [6, 6.07) is 28.5. The number of nitrogens with zero attached hydrogens (tertiary/aromatic N) is 1. The van der Waals surface area contributed by atoms with Crippen molar-refractivity contribution >= 4 is 18.6 Å². The Bertz CT molecular complexity index is 1670. The molecule has 57 heavy (non-hydrogen) atoms. The summed E-state index contributed by atoms with van der Waals surface area (Å²) in [6.45, 7) is 33.5. The van der Waals surface area contributed by atoms with Crippen molar-refractivity contribution in [1.29, 1.82) is 0 Å². The lowest BCUT2D eigenvalue weighted by Gasteiger charge is -2.37. The van der Waals surface area contributed by atoms with Crippen LogP contribution in [0.1, 0.15) is 77.0 Å². The van der Waals surface area contributed by atoms with Crippen LogP contribution in [0.5, 0.6) is 5.75 Å². The quantitative estimate of drug-likeness (QED) is 0.140. The molecule has 1 aliphatic carbocycles. The summed E-state index contributed by atoms with van der Waals surface area (Å²) in [6.07, 6.45) is 5.77. The number of carbonyl (C=O) groups excluding carboxylic acids is 3. The van der Waals surface area contributed by atoms with Crippen LogP contribution in [0.4, 0.5) is 0 Å². The van der Waals surface area contributed by atoms with Crippen LogP contribution in [0.3, 0.4) is 0 Å². The number of rotatable bonds is 14. The number of nitrogens with two attached hydrogens (primary N) is 2. The maximum absolute atomic E-state index is 12.6. The molecule has 1 saturated carbocycles. The minimum absolute atomic E-state index is 0.0102. The number of amides is 2. The smallest absolute Gasteiger partial charge is 0.221 e. The molecular formula is C49H70N4O4. The molecule has 8 nitrogen and oxygen atoms in total. The molecule has 5 atom stereocenters. The van der Waals surface area contributed by atoms with E-state index in [1.807, 2.05) is 67.5 Å². The highest BCUT2D eigenvalue weighted by molar-refractivity contribution is 5.77. The van der Waals surface area contributed by atoms with Crippen molar-refractivity contribution in [2.75, 3.05) is 6.54 Å². The molecule has 0 spiro atoms. The van der Waals surface area contributed by atoms with Gasteiger partial charge in [0, 0.05) is 42.7 Å². The molecule has 1 aliphatic heterocycles. The number of allylic oxidation sites excluding steroid dienone is 2. The Hall–Kier alpha value is -5.37. The Labute approximate surface area is 344 Å². The first-order chi connectivity index (χ1) is 27.1. The largest absolute Gasteiger partial charge is 0.489 e. The molecule has 1 saturated heterocycles. The molecule has 5 rings (SSSR count). The number of primary amides is 1. The second kappa shape index (κ2) is 25.7. The van der Waals surface area contributed by atoms with E-state index in [4.69, 9.17) is 21.0 Å². The molecule has 0 radical (unpaired) electrons. The number of hydrogen-bond acceptors (Lipinski definition) is 6. The molecule has 5 N–H and O–H groups in total. The van der Waals surface area contributed by atoms with Gasteiger partial charge in [-0.2, -0.15) is 0 Å². The molecular weight excluding hydrogens is 709 g/mol. The van der Waals surface area contributed by atoms with Gasteiger partial charge in [-0.25, -0.2) is 0 Å². The minimum atomic E-state index is -0.296. The van der Waals surface area contributed by atoms with Gasteiger partial charge in [-0.3, -0.25) is 9.59 Å². The molecule has 3 aromatic carbocycles. The van der Waals surface area contributed by atoms with Crippen molar-refractivity contribution in [3.63, 3.8) is 0 Å². The van der Waals surface area contributed by atoms with Gasteiger partial charge in [0.1, 0.15) is 19.1 Å². The van der Waals surface area contributed by atoms with E-state index in [1.165, 1.54) is 23.1 Å². The standard InChI is InChI=1S/C25H39N3O2.C14H14O.C7H11N.C2H4.CH2O/c1-17(2)24(27-23(30)16-25(4,5)6)18(3)28-13-12-20(21(28)15-22(26)29)14-19-10-8-7-9-11-19;1-12-6-5-9-14(10-12)15-11-13-7-3-2-4-8-13;1-3-6-4-7(6)5(2)8;2*1-2/h7-11,17,20-21,24H,3,12-16H2,1-2,4-6H3,(H2,26,29)(H,27,30);2-10H,11H2,1H3;3,6-7H,1-2,4,8H2;1-2H2;1H2/t20?,21?,24-;;;;/m0..../s1. The highest BCUT2D eigenvalue weighted by Crippen LogP contribution is 2.42. The summed E-state index contributed by atoms with van der Waals surface area (Å²) < 4.78 is 5.67. The molecule has 3 aromatic rings. The molecule has 4 unspecified atom stereocenters. The Morgan fingerprint density at radius 2 is 1.51 bits per heavy atom. The van der Waals surface area contributed by atoms with E-state index in [0.717, 1.165) is 36.5 Å². The van der Waals surface area contributed by atoms with Gasteiger partial charge in [-0.1, -0.05) is 127 Å². The summed E-state index contributed by atoms with van der Waals surface area (Å²) in [5, 5.41) is 3.19. The number of hydrogen-bond donors (Lipinski definition) is 3. The fourth-order valence-electron chi connectivity index (χ4n) is 6.78. The van der Waals surface area contributed by atoms with Crippen molar-refractivity contribution in [1.82, 2.24) is 10.2 Å². The van der Waals surface area contributed by atoms with Gasteiger partial charge in [-0.15, -0.1) is 19.7 Å². The molecule has 310 valence electrons. The van der Waals surface area contributed by atoms with E-state index in [9.17, 15) is 9.59 Å². The number of ether oxygens (including phenoxy) is 1. The molecule has 0 aromatic heterocycles. The van der Waals surface area contributed by atoms with E-state index in [2.05, 4.69) is 115 Å². The van der Waals surface area contributed by atoms with Crippen LogP contribution < -0.4 is 21.5 Å². The van der Waals surface area contributed by atoms with Gasteiger partial charge in [0.15, 0.2) is 0 Å². The summed E-state index contributed by atoms with van der Waals surface area (Å²) in [7, 11) is 0. The molecule has 8 heteroatoms. The SMILES string of the molecule is C=C.C=C([C@@H](NC(=O)CC(C)(C)C)C(C)C)N1CCC(Cc2ccccc2)C1CC(N)=O.C=CC1CC1C(=C)N.C=O.Cc1cccc(OCc2ccccc2)c1. The van der Waals surface area contributed by atoms with Gasteiger partial charge in [0.05, 0.1) is 6.04 Å². The first-order valence-electron chi connectivity index (χ1n) is 19.7. The maximum Gasteiger partial charge on any atom is 0.221 e.